The second-order valence-electron chi connectivity index (χ2n) is 6.88. The summed E-state index contributed by atoms with van der Waals surface area (Å²) in [4.78, 5) is 12.6. The lowest BCUT2D eigenvalue weighted by molar-refractivity contribution is 0.102. The van der Waals surface area contributed by atoms with E-state index < -0.39 is 33.1 Å². The summed E-state index contributed by atoms with van der Waals surface area (Å²) in [5.74, 6) is -3.32. The number of carbonyl (C=O) groups excluding carboxylic acids is 1. The van der Waals surface area contributed by atoms with Gasteiger partial charge in [0.2, 0.25) is 10.0 Å². The summed E-state index contributed by atoms with van der Waals surface area (Å²) in [6.45, 7) is 1.95. The van der Waals surface area contributed by atoms with Crippen LogP contribution in [-0.2, 0) is 10.0 Å². The lowest BCUT2D eigenvalue weighted by Gasteiger charge is -2.21. The van der Waals surface area contributed by atoms with Crippen molar-refractivity contribution in [2.24, 2.45) is 0 Å². The average Bonchev–Trinajstić information content (AvgIpc) is 2.69. The summed E-state index contributed by atoms with van der Waals surface area (Å²) in [7, 11) is -2.29. The van der Waals surface area contributed by atoms with Gasteiger partial charge in [0, 0.05) is 7.05 Å². The largest absolute Gasteiger partial charge is 0.320 e. The standard InChI is InChI=1S/C22H20F2N2O3S/c1-14-7-9-15(10-8-14)16-11-12-20(26(2)30(3,28)29)19(13-16)25-22(27)17-5-4-6-18(23)21(17)24/h4-13H,1-3H3,(H,25,27). The molecule has 0 fully saturated rings. The Kier molecular flexibility index (Phi) is 5.89. The van der Waals surface area contributed by atoms with E-state index in [1.807, 2.05) is 31.2 Å². The molecule has 0 heterocycles. The number of halogens is 2. The molecule has 156 valence electrons. The highest BCUT2D eigenvalue weighted by atomic mass is 32.2. The summed E-state index contributed by atoms with van der Waals surface area (Å²) in [5.41, 5.74) is 2.50. The summed E-state index contributed by atoms with van der Waals surface area (Å²) in [6, 6.07) is 15.8. The van der Waals surface area contributed by atoms with Gasteiger partial charge < -0.3 is 5.32 Å². The van der Waals surface area contributed by atoms with Crippen molar-refractivity contribution < 1.29 is 22.0 Å². The zero-order valence-electron chi connectivity index (χ0n) is 16.6. The number of rotatable bonds is 5. The van der Waals surface area contributed by atoms with Crippen molar-refractivity contribution in [2.75, 3.05) is 22.9 Å². The van der Waals surface area contributed by atoms with E-state index in [4.69, 9.17) is 0 Å². The minimum absolute atomic E-state index is 0.148. The van der Waals surface area contributed by atoms with Gasteiger partial charge in [0.25, 0.3) is 5.91 Å². The Hall–Kier alpha value is -3.26. The quantitative estimate of drug-likeness (QED) is 0.644. The SMILES string of the molecule is Cc1ccc(-c2ccc(N(C)S(C)(=O)=O)c(NC(=O)c3cccc(F)c3F)c2)cc1. The third-order valence-electron chi connectivity index (χ3n) is 4.66. The molecule has 3 rings (SSSR count). The fourth-order valence-corrected chi connectivity index (χ4v) is 3.40. The lowest BCUT2D eigenvalue weighted by atomic mass is 10.0. The van der Waals surface area contributed by atoms with E-state index in [-0.39, 0.29) is 11.4 Å². The molecule has 0 spiro atoms. The summed E-state index contributed by atoms with van der Waals surface area (Å²) >= 11 is 0. The molecule has 0 aliphatic rings. The Morgan fingerprint density at radius 1 is 0.967 bits per heavy atom. The maximum atomic E-state index is 14.0. The summed E-state index contributed by atoms with van der Waals surface area (Å²) in [6.07, 6.45) is 1.03. The highest BCUT2D eigenvalue weighted by molar-refractivity contribution is 7.92. The van der Waals surface area contributed by atoms with Crippen molar-refractivity contribution in [1.29, 1.82) is 0 Å². The van der Waals surface area contributed by atoms with E-state index in [0.717, 1.165) is 39.4 Å². The van der Waals surface area contributed by atoms with Crippen LogP contribution in [0.4, 0.5) is 20.2 Å². The number of anilines is 2. The molecule has 0 bridgehead atoms. The van der Waals surface area contributed by atoms with Crippen molar-refractivity contribution in [1.82, 2.24) is 0 Å². The van der Waals surface area contributed by atoms with Crippen molar-refractivity contribution in [2.45, 2.75) is 6.92 Å². The molecule has 1 N–H and O–H groups in total. The van der Waals surface area contributed by atoms with Crippen LogP contribution < -0.4 is 9.62 Å². The van der Waals surface area contributed by atoms with E-state index in [1.54, 1.807) is 18.2 Å². The highest BCUT2D eigenvalue weighted by Crippen LogP contribution is 2.33. The van der Waals surface area contributed by atoms with Gasteiger partial charge >= 0.3 is 0 Å². The minimum Gasteiger partial charge on any atom is -0.320 e. The molecule has 30 heavy (non-hydrogen) atoms. The molecular formula is C22H20F2N2O3S. The van der Waals surface area contributed by atoms with E-state index in [0.29, 0.717) is 0 Å². The molecular weight excluding hydrogens is 410 g/mol. The zero-order chi connectivity index (χ0) is 22.1. The third-order valence-corrected chi connectivity index (χ3v) is 5.85. The molecule has 8 heteroatoms. The molecule has 0 aromatic heterocycles. The third kappa shape index (κ3) is 4.49. The van der Waals surface area contributed by atoms with Gasteiger partial charge in [-0.3, -0.25) is 9.10 Å². The minimum atomic E-state index is -3.63. The summed E-state index contributed by atoms with van der Waals surface area (Å²) < 4.78 is 52.6. The van der Waals surface area contributed by atoms with Gasteiger partial charge in [-0.05, 0) is 42.3 Å². The number of carbonyl (C=O) groups is 1. The Morgan fingerprint density at radius 3 is 2.23 bits per heavy atom. The van der Waals surface area contributed by atoms with Crippen LogP contribution in [0.3, 0.4) is 0 Å². The van der Waals surface area contributed by atoms with Crippen LogP contribution in [0.5, 0.6) is 0 Å². The number of hydrogen-bond donors (Lipinski definition) is 1. The monoisotopic (exact) mass is 430 g/mol. The normalized spacial score (nSPS) is 11.2. The molecule has 3 aromatic carbocycles. The predicted molar refractivity (Wildman–Crippen MR) is 114 cm³/mol. The smallest absolute Gasteiger partial charge is 0.258 e. The van der Waals surface area contributed by atoms with E-state index in [1.165, 1.54) is 13.1 Å². The molecule has 0 atom stereocenters. The second kappa shape index (κ2) is 8.23. The van der Waals surface area contributed by atoms with Crippen molar-refractivity contribution >= 4 is 27.3 Å². The highest BCUT2D eigenvalue weighted by Gasteiger charge is 2.21. The van der Waals surface area contributed by atoms with Gasteiger partial charge in [-0.2, -0.15) is 0 Å². The number of benzene rings is 3. The van der Waals surface area contributed by atoms with E-state index >= 15 is 0 Å². The van der Waals surface area contributed by atoms with Crippen molar-refractivity contribution in [3.8, 4) is 11.1 Å². The molecule has 1 amide bonds. The van der Waals surface area contributed by atoms with Crippen LogP contribution in [-0.4, -0.2) is 27.6 Å². The first-order valence-corrected chi connectivity index (χ1v) is 10.8. The Labute approximate surface area is 174 Å². The fourth-order valence-electron chi connectivity index (χ4n) is 2.88. The fraction of sp³-hybridized carbons (Fsp3) is 0.136. The number of nitrogens with zero attached hydrogens (tertiary/aromatic N) is 1. The van der Waals surface area contributed by atoms with Gasteiger partial charge in [0.1, 0.15) is 0 Å². The summed E-state index contributed by atoms with van der Waals surface area (Å²) in [5, 5.41) is 2.52. The molecule has 0 aliphatic carbocycles. The Morgan fingerprint density at radius 2 is 1.60 bits per heavy atom. The van der Waals surface area contributed by atoms with Gasteiger partial charge in [-0.1, -0.05) is 42.0 Å². The topological polar surface area (TPSA) is 66.5 Å². The van der Waals surface area contributed by atoms with Crippen LogP contribution in [0, 0.1) is 18.6 Å². The molecule has 0 radical (unpaired) electrons. The van der Waals surface area contributed by atoms with Crippen LogP contribution in [0.25, 0.3) is 11.1 Å². The average molecular weight is 430 g/mol. The maximum Gasteiger partial charge on any atom is 0.258 e. The van der Waals surface area contributed by atoms with Crippen molar-refractivity contribution in [3.05, 3.63) is 83.4 Å². The van der Waals surface area contributed by atoms with E-state index in [2.05, 4.69) is 5.32 Å². The molecule has 0 saturated carbocycles. The van der Waals surface area contributed by atoms with Crippen LogP contribution in [0.15, 0.2) is 60.7 Å². The van der Waals surface area contributed by atoms with E-state index in [9.17, 15) is 22.0 Å². The van der Waals surface area contributed by atoms with Gasteiger partial charge in [-0.15, -0.1) is 0 Å². The number of sulfonamides is 1. The number of aryl methyl sites for hydroxylation is 1. The van der Waals surface area contributed by atoms with Crippen molar-refractivity contribution in [3.63, 3.8) is 0 Å². The zero-order valence-corrected chi connectivity index (χ0v) is 17.4. The first-order valence-electron chi connectivity index (χ1n) is 8.98. The predicted octanol–water partition coefficient (Wildman–Crippen LogP) is 4.59. The Balaban J connectivity index is 2.08. The number of hydrogen-bond acceptors (Lipinski definition) is 3. The molecule has 0 saturated heterocycles. The van der Waals surface area contributed by atoms with Gasteiger partial charge in [0.05, 0.1) is 23.2 Å². The first kappa shape index (κ1) is 21.4. The second-order valence-corrected chi connectivity index (χ2v) is 8.90. The van der Waals surface area contributed by atoms with Gasteiger partial charge in [-0.25, -0.2) is 17.2 Å². The maximum absolute atomic E-state index is 14.0. The number of nitrogens with one attached hydrogen (secondary N) is 1. The first-order chi connectivity index (χ1) is 14.1. The van der Waals surface area contributed by atoms with Crippen LogP contribution in [0.2, 0.25) is 0 Å². The molecule has 3 aromatic rings. The van der Waals surface area contributed by atoms with Gasteiger partial charge in [0.15, 0.2) is 11.6 Å². The molecule has 5 nitrogen and oxygen atoms in total. The molecule has 0 unspecified atom stereocenters. The molecule has 0 aliphatic heterocycles. The number of amides is 1. The van der Waals surface area contributed by atoms with Crippen LogP contribution in [0.1, 0.15) is 15.9 Å². The Bertz CT molecular complexity index is 1210. The lowest BCUT2D eigenvalue weighted by Crippen LogP contribution is -2.26. The van der Waals surface area contributed by atoms with Crippen LogP contribution >= 0.6 is 0 Å².